The summed E-state index contributed by atoms with van der Waals surface area (Å²) in [6.07, 6.45) is 2.05. The molecule has 2 rings (SSSR count). The largest absolute Gasteiger partial charge is 0.335 e. The molecule has 86 valence electrons. The highest BCUT2D eigenvalue weighted by molar-refractivity contribution is 9.09. The molecule has 1 aromatic carbocycles. The molecule has 1 aliphatic heterocycles. The molecule has 0 bridgehead atoms. The van der Waals surface area contributed by atoms with Crippen molar-refractivity contribution in [1.82, 2.24) is 4.90 Å². The van der Waals surface area contributed by atoms with Crippen molar-refractivity contribution in [3.05, 3.63) is 35.6 Å². The minimum absolute atomic E-state index is 0.0681. The van der Waals surface area contributed by atoms with Gasteiger partial charge in [0.25, 0.3) is 5.91 Å². The number of likely N-dealkylation sites (tertiary alicyclic amines) is 1. The van der Waals surface area contributed by atoms with Crippen molar-refractivity contribution in [2.45, 2.75) is 18.9 Å². The lowest BCUT2D eigenvalue weighted by Crippen LogP contribution is -2.36. The Morgan fingerprint density at radius 2 is 2.38 bits per heavy atom. The van der Waals surface area contributed by atoms with Gasteiger partial charge < -0.3 is 4.90 Å². The number of halogens is 2. The number of rotatable bonds is 2. The number of nitrogens with zero attached hydrogens (tertiary/aromatic N) is 1. The molecular formula is C12H13BrFNO. The van der Waals surface area contributed by atoms with Gasteiger partial charge in [-0.15, -0.1) is 0 Å². The maximum Gasteiger partial charge on any atom is 0.254 e. The Hall–Kier alpha value is -0.900. The quantitative estimate of drug-likeness (QED) is 0.766. The van der Waals surface area contributed by atoms with Crippen molar-refractivity contribution >= 4 is 21.8 Å². The van der Waals surface area contributed by atoms with Crippen molar-refractivity contribution in [3.63, 3.8) is 0 Å². The zero-order valence-electron chi connectivity index (χ0n) is 8.83. The monoisotopic (exact) mass is 285 g/mol. The van der Waals surface area contributed by atoms with Crippen LogP contribution in [0.2, 0.25) is 0 Å². The van der Waals surface area contributed by atoms with Gasteiger partial charge in [0.15, 0.2) is 0 Å². The predicted octanol–water partition coefficient (Wildman–Crippen LogP) is 2.83. The molecule has 4 heteroatoms. The fourth-order valence-corrected chi connectivity index (χ4v) is 2.72. The Bertz CT molecular complexity index is 396. The van der Waals surface area contributed by atoms with Gasteiger partial charge in [0.1, 0.15) is 5.82 Å². The Balaban J connectivity index is 2.18. The average molecular weight is 286 g/mol. The van der Waals surface area contributed by atoms with E-state index in [2.05, 4.69) is 15.9 Å². The zero-order chi connectivity index (χ0) is 11.5. The van der Waals surface area contributed by atoms with E-state index in [1.165, 1.54) is 12.1 Å². The summed E-state index contributed by atoms with van der Waals surface area (Å²) in [5.41, 5.74) is 0.438. The summed E-state index contributed by atoms with van der Waals surface area (Å²) in [7, 11) is 0. The first-order valence-corrected chi connectivity index (χ1v) is 6.47. The van der Waals surface area contributed by atoms with Crippen LogP contribution in [0.15, 0.2) is 24.3 Å². The summed E-state index contributed by atoms with van der Waals surface area (Å²) in [4.78, 5) is 13.9. The number of amides is 1. The third kappa shape index (κ3) is 2.26. The van der Waals surface area contributed by atoms with Crippen LogP contribution in [-0.2, 0) is 0 Å². The van der Waals surface area contributed by atoms with E-state index in [0.29, 0.717) is 5.56 Å². The third-order valence-electron chi connectivity index (χ3n) is 2.89. The van der Waals surface area contributed by atoms with Crippen LogP contribution in [0.25, 0.3) is 0 Å². The molecule has 1 aromatic rings. The molecule has 1 unspecified atom stereocenters. The topological polar surface area (TPSA) is 20.3 Å². The lowest BCUT2D eigenvalue weighted by molar-refractivity contribution is 0.0750. The van der Waals surface area contributed by atoms with E-state index in [0.717, 1.165) is 24.7 Å². The second kappa shape index (κ2) is 4.95. The van der Waals surface area contributed by atoms with Crippen LogP contribution in [0.1, 0.15) is 23.2 Å². The number of carbonyl (C=O) groups is 1. The number of hydrogen-bond donors (Lipinski definition) is 0. The van der Waals surface area contributed by atoms with Gasteiger partial charge in [-0.25, -0.2) is 4.39 Å². The van der Waals surface area contributed by atoms with Crippen LogP contribution in [-0.4, -0.2) is 28.7 Å². The maximum absolute atomic E-state index is 13.0. The van der Waals surface area contributed by atoms with Crippen LogP contribution in [0, 0.1) is 5.82 Å². The fourth-order valence-electron chi connectivity index (χ4n) is 2.05. The molecule has 1 saturated heterocycles. The normalized spacial score (nSPS) is 20.1. The number of hydrogen-bond acceptors (Lipinski definition) is 1. The summed E-state index contributed by atoms with van der Waals surface area (Å²) in [6.45, 7) is 0.769. The van der Waals surface area contributed by atoms with Gasteiger partial charge >= 0.3 is 0 Å². The smallest absolute Gasteiger partial charge is 0.254 e. The van der Waals surface area contributed by atoms with E-state index in [1.54, 1.807) is 12.1 Å². The highest BCUT2D eigenvalue weighted by Gasteiger charge is 2.28. The van der Waals surface area contributed by atoms with Crippen molar-refractivity contribution in [3.8, 4) is 0 Å². The Labute approximate surface area is 103 Å². The first kappa shape index (κ1) is 11.6. The number of alkyl halides is 1. The lowest BCUT2D eigenvalue weighted by Gasteiger charge is -2.23. The van der Waals surface area contributed by atoms with Gasteiger partial charge in [-0.2, -0.15) is 0 Å². The molecule has 0 aliphatic carbocycles. The summed E-state index contributed by atoms with van der Waals surface area (Å²) in [6, 6.07) is 6.13. The maximum atomic E-state index is 13.0. The van der Waals surface area contributed by atoms with E-state index in [-0.39, 0.29) is 17.8 Å². The molecule has 16 heavy (non-hydrogen) atoms. The van der Waals surface area contributed by atoms with E-state index < -0.39 is 0 Å². The molecule has 0 spiro atoms. The van der Waals surface area contributed by atoms with Gasteiger partial charge in [-0.05, 0) is 31.0 Å². The second-order valence-electron chi connectivity index (χ2n) is 3.96. The van der Waals surface area contributed by atoms with Crippen LogP contribution in [0.5, 0.6) is 0 Å². The summed E-state index contributed by atoms with van der Waals surface area (Å²) in [5, 5.41) is 0.786. The highest BCUT2D eigenvalue weighted by Crippen LogP contribution is 2.21. The summed E-state index contributed by atoms with van der Waals surface area (Å²) >= 11 is 3.40. The molecular weight excluding hydrogens is 273 g/mol. The standard InChI is InChI=1S/C12H13BrFNO/c13-8-11-5-2-6-15(11)12(16)9-3-1-4-10(14)7-9/h1,3-4,7,11H,2,5-6,8H2. The fraction of sp³-hybridized carbons (Fsp3) is 0.417. The van der Waals surface area contributed by atoms with Gasteiger partial charge in [-0.3, -0.25) is 4.79 Å². The molecule has 1 atom stereocenters. The van der Waals surface area contributed by atoms with E-state index in [9.17, 15) is 9.18 Å². The Kier molecular flexibility index (Phi) is 3.59. The van der Waals surface area contributed by atoms with Crippen molar-refractivity contribution in [2.75, 3.05) is 11.9 Å². The van der Waals surface area contributed by atoms with Crippen LogP contribution in [0.4, 0.5) is 4.39 Å². The van der Waals surface area contributed by atoms with Crippen LogP contribution >= 0.6 is 15.9 Å². The molecule has 0 radical (unpaired) electrons. The molecule has 2 nitrogen and oxygen atoms in total. The highest BCUT2D eigenvalue weighted by atomic mass is 79.9. The zero-order valence-corrected chi connectivity index (χ0v) is 10.4. The van der Waals surface area contributed by atoms with Gasteiger partial charge in [0.05, 0.1) is 0 Å². The van der Waals surface area contributed by atoms with Crippen LogP contribution in [0.3, 0.4) is 0 Å². The van der Waals surface area contributed by atoms with Crippen molar-refractivity contribution in [1.29, 1.82) is 0 Å². The van der Waals surface area contributed by atoms with Crippen molar-refractivity contribution in [2.24, 2.45) is 0 Å². The second-order valence-corrected chi connectivity index (χ2v) is 4.61. The molecule has 0 aromatic heterocycles. The Morgan fingerprint density at radius 1 is 1.56 bits per heavy atom. The number of benzene rings is 1. The average Bonchev–Trinajstić information content (AvgIpc) is 2.76. The molecule has 0 N–H and O–H groups in total. The van der Waals surface area contributed by atoms with Crippen molar-refractivity contribution < 1.29 is 9.18 Å². The molecule has 1 amide bonds. The SMILES string of the molecule is O=C(c1cccc(F)c1)N1CCCC1CBr. The minimum Gasteiger partial charge on any atom is -0.335 e. The third-order valence-corrected chi connectivity index (χ3v) is 3.64. The lowest BCUT2D eigenvalue weighted by atomic mass is 10.2. The van der Waals surface area contributed by atoms with Gasteiger partial charge in [-0.1, -0.05) is 22.0 Å². The summed E-state index contributed by atoms with van der Waals surface area (Å²) < 4.78 is 13.0. The van der Waals surface area contributed by atoms with E-state index in [1.807, 2.05) is 4.90 Å². The van der Waals surface area contributed by atoms with E-state index in [4.69, 9.17) is 0 Å². The number of carbonyl (C=O) groups excluding carboxylic acids is 1. The van der Waals surface area contributed by atoms with Crippen LogP contribution < -0.4 is 0 Å². The summed E-state index contributed by atoms with van der Waals surface area (Å²) in [5.74, 6) is -0.429. The minimum atomic E-state index is -0.361. The first-order valence-electron chi connectivity index (χ1n) is 5.35. The van der Waals surface area contributed by atoms with Gasteiger partial charge in [0.2, 0.25) is 0 Å². The molecule has 1 fully saturated rings. The Morgan fingerprint density at radius 3 is 3.06 bits per heavy atom. The molecule has 1 heterocycles. The predicted molar refractivity (Wildman–Crippen MR) is 64.3 cm³/mol. The van der Waals surface area contributed by atoms with E-state index >= 15 is 0 Å². The molecule has 0 saturated carbocycles. The van der Waals surface area contributed by atoms with Gasteiger partial charge in [0, 0.05) is 23.5 Å². The molecule has 1 aliphatic rings. The first-order chi connectivity index (χ1) is 7.72.